The molecule has 0 radical (unpaired) electrons. The van der Waals surface area contributed by atoms with Crippen LogP contribution in [0.2, 0.25) is 0 Å². The molecule has 0 amide bonds. The van der Waals surface area contributed by atoms with Crippen molar-refractivity contribution in [2.45, 2.75) is 304 Å². The van der Waals surface area contributed by atoms with Crippen LogP contribution >= 0.6 is 0 Å². The molecule has 0 aromatic rings. The summed E-state index contributed by atoms with van der Waals surface area (Å²) in [6, 6.07) is 0. The maximum atomic E-state index is 13.3. The highest BCUT2D eigenvalue weighted by Gasteiger charge is 2.71. The molecular weight excluding hydrogens is 1290 g/mol. The fraction of sp³-hybridized carbons (Fsp3) is 0.954. The zero-order valence-corrected chi connectivity index (χ0v) is 55.9. The van der Waals surface area contributed by atoms with E-state index in [1.807, 2.05) is 13.8 Å². The van der Waals surface area contributed by atoms with Crippen LogP contribution in [-0.2, 0) is 61.6 Å². The van der Waals surface area contributed by atoms with E-state index in [4.69, 9.17) is 56.8 Å². The van der Waals surface area contributed by atoms with Gasteiger partial charge in [-0.25, -0.2) is 4.79 Å². The number of fused-ring (bicyclic) bond motifs is 7. The highest BCUT2D eigenvalue weighted by Crippen LogP contribution is 2.76. The molecule has 0 aromatic carbocycles. The molecule has 97 heavy (non-hydrogen) atoms. The average molecular weight is 1400 g/mol. The first-order chi connectivity index (χ1) is 45.4. The predicted octanol–water partition coefficient (Wildman–Crippen LogP) is -5.18. The third-order valence-electron chi connectivity index (χ3n) is 25.3. The molecule has 10 fully saturated rings. The molecule has 11 rings (SSSR count). The highest BCUT2D eigenvalue weighted by molar-refractivity contribution is 5.73. The smallest absolute Gasteiger partial charge is 0.335 e. The average Bonchev–Trinajstić information content (AvgIpc) is 0.673. The second-order valence-electron chi connectivity index (χ2n) is 31.7. The van der Waals surface area contributed by atoms with Gasteiger partial charge >= 0.3 is 5.97 Å². The summed E-state index contributed by atoms with van der Waals surface area (Å²) in [7, 11) is 0. The molecule has 0 spiro atoms. The van der Waals surface area contributed by atoms with Crippen molar-refractivity contribution in [3.63, 3.8) is 0 Å². The molecular formula is C65H106O32. The molecule has 4 saturated carbocycles. The molecule has 6 saturated heterocycles. The number of carbonyl (C=O) groups is 1. The van der Waals surface area contributed by atoms with E-state index in [0.717, 1.165) is 6.42 Å². The van der Waals surface area contributed by atoms with Gasteiger partial charge in [0.05, 0.1) is 51.3 Å². The Balaban J connectivity index is 0.872. The van der Waals surface area contributed by atoms with E-state index in [1.54, 1.807) is 0 Å². The molecule has 19 N–H and O–H groups in total. The van der Waals surface area contributed by atoms with E-state index >= 15 is 0 Å². The van der Waals surface area contributed by atoms with Crippen molar-refractivity contribution in [3.05, 3.63) is 11.6 Å². The van der Waals surface area contributed by atoms with E-state index in [9.17, 15) is 102 Å². The lowest BCUT2D eigenvalue weighted by atomic mass is 9.33. The van der Waals surface area contributed by atoms with Gasteiger partial charge in [-0.1, -0.05) is 60.1 Å². The standard InChI is InChI=1S/C65H106O32/c1-24-35(71)40(76)44(80)56(88-24)96-51-42(78)38(74)29(20-67)91-58(51)94-49-46(82)50(53(84)85)95-59(52(49)97-57-45(81)41(77)37(73)28(19-66)90-57)92-34-12-13-62(6)31(61(34,4)5)11-14-63(7)32(62)10-9-25-26-17-60(2,3)15-16-65(26,33(70)18-64(25,63)8)23-87-55-47(83)48(39(75)30(21-68)89-55)93-54-43(79)36(72)27(69)22-86-54/h9,24,26-52,54-59,66-83H,10-23H2,1-8H3,(H,84,85). The van der Waals surface area contributed by atoms with Crippen molar-refractivity contribution in [2.24, 2.45) is 50.2 Å². The van der Waals surface area contributed by atoms with Crippen LogP contribution in [0, 0.1) is 50.2 Å². The summed E-state index contributed by atoms with van der Waals surface area (Å²) < 4.78 is 73.2. The van der Waals surface area contributed by atoms with Crippen LogP contribution in [-0.4, -0.2) is 326 Å². The molecule has 38 unspecified atom stereocenters. The van der Waals surface area contributed by atoms with Gasteiger partial charge in [-0.05, 0) is 110 Å². The van der Waals surface area contributed by atoms with Gasteiger partial charge in [0.15, 0.2) is 43.8 Å². The Kier molecular flexibility index (Phi) is 22.4. The molecule has 558 valence electrons. The van der Waals surface area contributed by atoms with Gasteiger partial charge in [-0.15, -0.1) is 0 Å². The van der Waals surface area contributed by atoms with E-state index in [1.165, 1.54) is 12.5 Å². The number of aliphatic hydroxyl groups excluding tert-OH is 18. The van der Waals surface area contributed by atoms with Crippen molar-refractivity contribution in [1.29, 1.82) is 0 Å². The number of aliphatic carboxylic acids is 1. The van der Waals surface area contributed by atoms with Gasteiger partial charge in [-0.3, -0.25) is 0 Å². The minimum Gasteiger partial charge on any atom is -0.479 e. The Morgan fingerprint density at radius 2 is 1.06 bits per heavy atom. The quantitative estimate of drug-likeness (QED) is 0.0478. The van der Waals surface area contributed by atoms with Gasteiger partial charge in [-0.2, -0.15) is 0 Å². The number of ether oxygens (including phenoxy) is 12. The van der Waals surface area contributed by atoms with Gasteiger partial charge < -0.3 is 154 Å². The minimum atomic E-state index is -2.30. The number of hydrogen-bond acceptors (Lipinski definition) is 31. The number of rotatable bonds is 17. The molecule has 32 nitrogen and oxygen atoms in total. The Morgan fingerprint density at radius 1 is 0.505 bits per heavy atom. The lowest BCUT2D eigenvalue weighted by Crippen LogP contribution is -2.69. The summed E-state index contributed by atoms with van der Waals surface area (Å²) in [4.78, 5) is 13.3. The summed E-state index contributed by atoms with van der Waals surface area (Å²) in [6.07, 6.45) is -46.8. The van der Waals surface area contributed by atoms with Crippen molar-refractivity contribution in [3.8, 4) is 0 Å². The molecule has 5 aliphatic carbocycles. The predicted molar refractivity (Wildman–Crippen MR) is 322 cm³/mol. The summed E-state index contributed by atoms with van der Waals surface area (Å²) in [5, 5.41) is 209. The minimum absolute atomic E-state index is 0.00247. The van der Waals surface area contributed by atoms with Crippen LogP contribution in [0.4, 0.5) is 0 Å². The normalized spacial score (nSPS) is 54.5. The molecule has 6 heterocycles. The van der Waals surface area contributed by atoms with Crippen LogP contribution in [0.15, 0.2) is 11.6 Å². The van der Waals surface area contributed by atoms with E-state index in [0.29, 0.717) is 51.4 Å². The van der Waals surface area contributed by atoms with E-state index in [2.05, 4.69) is 40.7 Å². The first-order valence-corrected chi connectivity index (χ1v) is 34.2. The second-order valence-corrected chi connectivity index (χ2v) is 31.7. The maximum Gasteiger partial charge on any atom is 0.335 e. The largest absolute Gasteiger partial charge is 0.479 e. The maximum absolute atomic E-state index is 13.3. The highest BCUT2D eigenvalue weighted by atomic mass is 16.8. The first kappa shape index (κ1) is 76.1. The summed E-state index contributed by atoms with van der Waals surface area (Å²) in [5.74, 6) is -2.11. The number of allylic oxidation sites excluding steroid dienone is 2. The molecule has 6 aliphatic heterocycles. The van der Waals surface area contributed by atoms with Crippen molar-refractivity contribution in [1.82, 2.24) is 0 Å². The Hall–Kier alpha value is -1.99. The summed E-state index contributed by atoms with van der Waals surface area (Å²) in [6.45, 7) is 13.5. The van der Waals surface area contributed by atoms with Gasteiger partial charge in [0.1, 0.15) is 128 Å². The fourth-order valence-electron chi connectivity index (χ4n) is 19.2. The second kappa shape index (κ2) is 28.5. The van der Waals surface area contributed by atoms with Crippen LogP contribution in [0.1, 0.15) is 113 Å². The number of aliphatic hydroxyl groups is 18. The number of hydrogen-bond donors (Lipinski definition) is 19. The third kappa shape index (κ3) is 13.2. The monoisotopic (exact) mass is 1400 g/mol. The fourth-order valence-corrected chi connectivity index (χ4v) is 19.2. The Morgan fingerprint density at radius 3 is 1.71 bits per heavy atom. The number of carboxylic acid groups (broad SMARTS) is 1. The third-order valence-corrected chi connectivity index (χ3v) is 25.3. The van der Waals surface area contributed by atoms with Gasteiger partial charge in [0.2, 0.25) is 0 Å². The molecule has 0 bridgehead atoms. The van der Waals surface area contributed by atoms with Crippen LogP contribution in [0.25, 0.3) is 0 Å². The van der Waals surface area contributed by atoms with Crippen LogP contribution < -0.4 is 0 Å². The zero-order chi connectivity index (χ0) is 70.9. The molecule has 38 atom stereocenters. The van der Waals surface area contributed by atoms with Gasteiger partial charge in [0, 0.05) is 5.41 Å². The number of carboxylic acids is 1. The summed E-state index contributed by atoms with van der Waals surface area (Å²) >= 11 is 0. The van der Waals surface area contributed by atoms with E-state index < -0.39 is 250 Å². The molecule has 0 aromatic heterocycles. The first-order valence-electron chi connectivity index (χ1n) is 34.2. The van der Waals surface area contributed by atoms with Crippen LogP contribution in [0.5, 0.6) is 0 Å². The van der Waals surface area contributed by atoms with Crippen molar-refractivity contribution >= 4 is 5.97 Å². The Bertz CT molecular complexity index is 2730. The lowest BCUT2D eigenvalue weighted by Gasteiger charge is -2.72. The van der Waals surface area contributed by atoms with Crippen molar-refractivity contribution < 1.29 is 159 Å². The molecule has 11 aliphatic rings. The summed E-state index contributed by atoms with van der Waals surface area (Å²) in [5.41, 5.74) is -2.20. The van der Waals surface area contributed by atoms with Crippen molar-refractivity contribution in [2.75, 3.05) is 33.0 Å². The van der Waals surface area contributed by atoms with Crippen LogP contribution in [0.3, 0.4) is 0 Å². The van der Waals surface area contributed by atoms with Gasteiger partial charge in [0.25, 0.3) is 0 Å². The molecule has 32 heteroatoms. The van der Waals surface area contributed by atoms with E-state index in [-0.39, 0.29) is 29.8 Å². The SMILES string of the molecule is CC1OC(OC2C(OC3C(O)C(C(=O)O)OC(OC4CCC5(C)C(CCC6(C)C5CC=C5C7CC(C)(C)CCC7(COC7OC(CO)C(O)C(OC8OCC(O)C(O)C8O)C7O)C(O)CC56C)C4(C)C)C3OC3OC(CO)C(O)C(O)C3O)OC(CO)C(O)C2O)C(O)C(O)C1O. The zero-order valence-electron chi connectivity index (χ0n) is 55.9. The topological polar surface area (TPSA) is 512 Å². The Labute approximate surface area is 561 Å². The lowest BCUT2D eigenvalue weighted by molar-refractivity contribution is -0.406.